The first-order valence-corrected chi connectivity index (χ1v) is 12.5. The van der Waals surface area contributed by atoms with Crippen molar-refractivity contribution in [3.63, 3.8) is 0 Å². The van der Waals surface area contributed by atoms with E-state index in [0.29, 0.717) is 23.1 Å². The number of nitrogens with one attached hydrogen (secondary N) is 2. The maximum Gasteiger partial charge on any atom is 0.235 e. The van der Waals surface area contributed by atoms with E-state index in [1.165, 1.54) is 5.56 Å². The number of aliphatic imine (C=N–C) groups is 1. The number of benzene rings is 1. The molecule has 0 bridgehead atoms. The first-order valence-electron chi connectivity index (χ1n) is 12.5. The molecule has 1 fully saturated rings. The number of anilines is 2. The Morgan fingerprint density at radius 1 is 1.19 bits per heavy atom. The maximum atomic E-state index is 12.8. The number of carbonyl (C=O) groups is 1. The number of carbonyl (C=O) groups excluding carboxylic acids is 1. The van der Waals surface area contributed by atoms with Crippen LogP contribution in [0.1, 0.15) is 35.7 Å². The van der Waals surface area contributed by atoms with Crippen molar-refractivity contribution in [2.24, 2.45) is 16.8 Å². The van der Waals surface area contributed by atoms with Gasteiger partial charge < -0.3 is 26.0 Å². The molecule has 4 heterocycles. The summed E-state index contributed by atoms with van der Waals surface area (Å²) in [5.74, 6) is 0.704. The van der Waals surface area contributed by atoms with Crippen LogP contribution in [0.25, 0.3) is 5.70 Å². The van der Waals surface area contributed by atoms with E-state index in [2.05, 4.69) is 49.8 Å². The summed E-state index contributed by atoms with van der Waals surface area (Å²) in [6.07, 6.45) is 7.93. The van der Waals surface area contributed by atoms with E-state index in [-0.39, 0.29) is 17.8 Å². The number of fused-ring (bicyclic) bond motifs is 1. The number of rotatable bonds is 6. The van der Waals surface area contributed by atoms with Gasteiger partial charge in [0.1, 0.15) is 11.8 Å². The average Bonchev–Trinajstić information content (AvgIpc) is 2.87. The summed E-state index contributed by atoms with van der Waals surface area (Å²) in [6.45, 7) is 5.84. The molecule has 4 N–H and O–H groups in total. The van der Waals surface area contributed by atoms with Crippen LogP contribution in [0.2, 0.25) is 0 Å². The molecule has 1 amide bonds. The molecule has 1 aromatic heterocycles. The predicted octanol–water partition coefficient (Wildman–Crippen LogP) is 2.93. The second-order valence-electron chi connectivity index (χ2n) is 9.58. The maximum absolute atomic E-state index is 12.8. The number of aryl methyl sites for hydroxylation is 1. The highest BCUT2D eigenvalue weighted by Gasteiger charge is 2.36. The van der Waals surface area contributed by atoms with Crippen LogP contribution in [-0.2, 0) is 9.53 Å². The standard InChI is InChI=1S/C27H33N7O2/c1-17-15-22(33-27(28)30-17)23-16-20-7-10-29-26(35)24(20)25(32-23)31-21-5-3-18(4-6-21)19-8-11-34(12-9-19)13-14-36-2/h3-7,10,15-16,19-20,24H,8-9,11-14H2,1-2H3,(H,29,35)(H,31,32)(H2,28,30,33). The summed E-state index contributed by atoms with van der Waals surface area (Å²) >= 11 is 0. The Morgan fingerprint density at radius 3 is 2.69 bits per heavy atom. The summed E-state index contributed by atoms with van der Waals surface area (Å²) in [5, 5.41) is 6.23. The molecule has 9 nitrogen and oxygen atoms in total. The molecule has 188 valence electrons. The smallest absolute Gasteiger partial charge is 0.235 e. The van der Waals surface area contributed by atoms with Crippen molar-refractivity contribution >= 4 is 29.1 Å². The Kier molecular flexibility index (Phi) is 7.11. The zero-order chi connectivity index (χ0) is 25.1. The highest BCUT2D eigenvalue weighted by Crippen LogP contribution is 2.33. The molecule has 0 saturated carbocycles. The fraction of sp³-hybridized carbons (Fsp3) is 0.407. The van der Waals surface area contributed by atoms with Gasteiger partial charge in [0.05, 0.1) is 18.0 Å². The number of hydrogen-bond acceptors (Lipinski definition) is 8. The van der Waals surface area contributed by atoms with Crippen LogP contribution in [0.3, 0.4) is 0 Å². The number of nitrogens with two attached hydrogens (primary N) is 1. The molecule has 3 aliphatic heterocycles. The number of likely N-dealkylation sites (tertiary alicyclic amines) is 1. The summed E-state index contributed by atoms with van der Waals surface area (Å²) in [4.78, 5) is 28.6. The molecule has 0 aliphatic carbocycles. The summed E-state index contributed by atoms with van der Waals surface area (Å²) in [7, 11) is 1.75. The van der Waals surface area contributed by atoms with Crippen molar-refractivity contribution in [3.05, 3.63) is 65.6 Å². The third-order valence-electron chi connectivity index (χ3n) is 7.08. The van der Waals surface area contributed by atoms with Gasteiger partial charge in [0.2, 0.25) is 11.9 Å². The highest BCUT2D eigenvalue weighted by molar-refractivity contribution is 6.13. The van der Waals surface area contributed by atoms with E-state index >= 15 is 0 Å². The number of amidine groups is 1. The van der Waals surface area contributed by atoms with E-state index < -0.39 is 5.92 Å². The average molecular weight is 488 g/mol. The Labute approximate surface area is 211 Å². The van der Waals surface area contributed by atoms with Crippen molar-refractivity contribution in [3.8, 4) is 0 Å². The van der Waals surface area contributed by atoms with Gasteiger partial charge in [-0.05, 0) is 68.6 Å². The third kappa shape index (κ3) is 5.32. The second kappa shape index (κ2) is 10.6. The SMILES string of the molecule is COCCN1CCC(c2ccc(NC3=NC(c4cc(C)nc(N)n4)=CC4C=CNC(=O)C34)cc2)CC1. The van der Waals surface area contributed by atoms with E-state index in [1.807, 2.05) is 25.1 Å². The molecule has 36 heavy (non-hydrogen) atoms. The molecule has 2 aromatic rings. The Hall–Kier alpha value is -3.56. The number of nitrogen functional groups attached to an aromatic ring is 1. The Balaban J connectivity index is 1.33. The normalized spacial score (nSPS) is 22.4. The van der Waals surface area contributed by atoms with Crippen molar-refractivity contribution in [1.29, 1.82) is 0 Å². The quantitative estimate of drug-likeness (QED) is 0.573. The van der Waals surface area contributed by atoms with Crippen molar-refractivity contribution in [1.82, 2.24) is 20.2 Å². The zero-order valence-electron chi connectivity index (χ0n) is 20.8. The lowest BCUT2D eigenvalue weighted by atomic mass is 9.85. The molecule has 2 atom stereocenters. The topological polar surface area (TPSA) is 118 Å². The zero-order valence-corrected chi connectivity index (χ0v) is 20.8. The van der Waals surface area contributed by atoms with Gasteiger partial charge in [-0.3, -0.25) is 4.79 Å². The van der Waals surface area contributed by atoms with E-state index in [9.17, 15) is 4.79 Å². The van der Waals surface area contributed by atoms with Crippen molar-refractivity contribution in [2.75, 3.05) is 44.4 Å². The van der Waals surface area contributed by atoms with Gasteiger partial charge in [0.15, 0.2) is 0 Å². The van der Waals surface area contributed by atoms with Gasteiger partial charge in [-0.1, -0.05) is 18.2 Å². The lowest BCUT2D eigenvalue weighted by molar-refractivity contribution is -0.123. The molecular weight excluding hydrogens is 454 g/mol. The molecule has 5 rings (SSSR count). The fourth-order valence-corrected chi connectivity index (χ4v) is 5.16. The van der Waals surface area contributed by atoms with Crippen LogP contribution in [0.5, 0.6) is 0 Å². The molecule has 1 aromatic carbocycles. The number of allylic oxidation sites excluding steroid dienone is 2. The fourth-order valence-electron chi connectivity index (χ4n) is 5.16. The number of hydrogen-bond donors (Lipinski definition) is 3. The number of methoxy groups -OCH3 is 1. The molecule has 3 aliphatic rings. The number of nitrogens with zero attached hydrogens (tertiary/aromatic N) is 4. The highest BCUT2D eigenvalue weighted by atomic mass is 16.5. The van der Waals surface area contributed by atoms with Crippen LogP contribution < -0.4 is 16.4 Å². The van der Waals surface area contributed by atoms with Crippen LogP contribution >= 0.6 is 0 Å². The molecule has 2 unspecified atom stereocenters. The monoisotopic (exact) mass is 487 g/mol. The first kappa shape index (κ1) is 24.1. The number of ether oxygens (including phenoxy) is 1. The van der Waals surface area contributed by atoms with Crippen LogP contribution in [0.4, 0.5) is 11.6 Å². The molecule has 0 radical (unpaired) electrons. The van der Waals surface area contributed by atoms with E-state index in [0.717, 1.165) is 50.5 Å². The van der Waals surface area contributed by atoms with Gasteiger partial charge in [-0.2, -0.15) is 0 Å². The van der Waals surface area contributed by atoms with Crippen LogP contribution in [-0.4, -0.2) is 60.0 Å². The van der Waals surface area contributed by atoms with Gasteiger partial charge >= 0.3 is 0 Å². The number of amides is 1. The Bertz CT molecular complexity index is 1180. The summed E-state index contributed by atoms with van der Waals surface area (Å²) < 4.78 is 5.21. The number of aromatic nitrogens is 2. The van der Waals surface area contributed by atoms with Gasteiger partial charge in [-0.25, -0.2) is 15.0 Å². The number of piperidine rings is 1. The summed E-state index contributed by atoms with van der Waals surface area (Å²) in [5.41, 5.74) is 10.2. The minimum atomic E-state index is -0.435. The van der Waals surface area contributed by atoms with E-state index in [4.69, 9.17) is 15.5 Å². The van der Waals surface area contributed by atoms with Gasteiger partial charge in [-0.15, -0.1) is 0 Å². The molecule has 9 heteroatoms. The molecule has 0 spiro atoms. The second-order valence-corrected chi connectivity index (χ2v) is 9.58. The van der Waals surface area contributed by atoms with Crippen molar-refractivity contribution in [2.45, 2.75) is 25.7 Å². The summed E-state index contributed by atoms with van der Waals surface area (Å²) in [6, 6.07) is 10.4. The largest absolute Gasteiger partial charge is 0.383 e. The third-order valence-corrected chi connectivity index (χ3v) is 7.08. The molecular formula is C27H33N7O2. The van der Waals surface area contributed by atoms with E-state index in [1.54, 1.807) is 13.3 Å². The molecule has 1 saturated heterocycles. The van der Waals surface area contributed by atoms with Crippen LogP contribution in [0, 0.1) is 18.8 Å². The lowest BCUT2D eigenvalue weighted by Crippen LogP contribution is -2.44. The minimum Gasteiger partial charge on any atom is -0.383 e. The van der Waals surface area contributed by atoms with Gasteiger partial charge in [0.25, 0.3) is 0 Å². The van der Waals surface area contributed by atoms with Crippen molar-refractivity contribution < 1.29 is 9.53 Å². The minimum absolute atomic E-state index is 0.0840. The lowest BCUT2D eigenvalue weighted by Gasteiger charge is -2.32. The van der Waals surface area contributed by atoms with Crippen LogP contribution in [0.15, 0.2) is 53.7 Å². The Morgan fingerprint density at radius 2 is 1.97 bits per heavy atom. The first-order chi connectivity index (χ1) is 17.5. The van der Waals surface area contributed by atoms with Gasteiger partial charge in [0, 0.05) is 37.2 Å². The predicted molar refractivity (Wildman–Crippen MR) is 141 cm³/mol.